The Morgan fingerprint density at radius 2 is 2.11 bits per heavy atom. The number of Topliss-reactive ketones (excluding diaryl/α,β-unsaturated/α-hetero) is 1. The lowest BCUT2D eigenvalue weighted by atomic mass is 10.3. The highest BCUT2D eigenvalue weighted by Gasteiger charge is 2.18. The fraction of sp³-hybridized carbons (Fsp3) is 0.538. The molecular formula is C13H18N4O2. The third kappa shape index (κ3) is 3.35. The van der Waals surface area contributed by atoms with Crippen molar-refractivity contribution in [2.45, 2.75) is 13.3 Å². The van der Waals surface area contributed by atoms with Gasteiger partial charge in [-0.15, -0.1) is 0 Å². The highest BCUT2D eigenvalue weighted by molar-refractivity contribution is 6.00. The van der Waals surface area contributed by atoms with Gasteiger partial charge in [0.2, 0.25) is 5.78 Å². The molecule has 19 heavy (non-hydrogen) atoms. The molecule has 0 amide bonds. The molecule has 1 aliphatic rings. The number of hydrogen-bond acceptors (Lipinski definition) is 6. The van der Waals surface area contributed by atoms with Gasteiger partial charge in [0.05, 0.1) is 6.42 Å². The third-order valence-electron chi connectivity index (χ3n) is 3.30. The van der Waals surface area contributed by atoms with Gasteiger partial charge in [0, 0.05) is 32.4 Å². The Morgan fingerprint density at radius 3 is 2.74 bits per heavy atom. The molecule has 0 aromatic carbocycles. The van der Waals surface area contributed by atoms with Crippen molar-refractivity contribution in [2.24, 2.45) is 0 Å². The van der Waals surface area contributed by atoms with Crippen LogP contribution in [0, 0.1) is 0 Å². The van der Waals surface area contributed by atoms with Crippen LogP contribution in [0.1, 0.15) is 24.0 Å². The summed E-state index contributed by atoms with van der Waals surface area (Å²) in [5.74, 6) is 0.562. The van der Waals surface area contributed by atoms with Gasteiger partial charge < -0.3 is 14.6 Å². The second kappa shape index (κ2) is 6.38. The van der Waals surface area contributed by atoms with Gasteiger partial charge in [0.25, 0.3) is 0 Å². The van der Waals surface area contributed by atoms with Gasteiger partial charge in [-0.25, -0.2) is 9.97 Å². The van der Waals surface area contributed by atoms with Crippen molar-refractivity contribution in [2.75, 3.05) is 37.6 Å². The molecule has 1 fully saturated rings. The maximum absolute atomic E-state index is 11.6. The van der Waals surface area contributed by atoms with Crippen molar-refractivity contribution in [1.29, 1.82) is 0 Å². The Morgan fingerprint density at radius 1 is 1.37 bits per heavy atom. The van der Waals surface area contributed by atoms with Gasteiger partial charge in [-0.2, -0.15) is 0 Å². The van der Waals surface area contributed by atoms with Crippen molar-refractivity contribution in [3.63, 3.8) is 0 Å². The second-order valence-electron chi connectivity index (χ2n) is 4.45. The summed E-state index contributed by atoms with van der Waals surface area (Å²) >= 11 is 0. The van der Waals surface area contributed by atoms with Crippen molar-refractivity contribution in [1.82, 2.24) is 14.9 Å². The minimum absolute atomic E-state index is 0.127. The largest absolute Gasteiger partial charge is 0.354 e. The first-order valence-electron chi connectivity index (χ1n) is 6.51. The van der Waals surface area contributed by atoms with E-state index < -0.39 is 0 Å². The standard InChI is InChI=1S/C13H18N4O2/c1-2-16-6-8-17(9-7-16)12-3-5-14-13(15-12)11(19)4-10-18/h3,5,10H,2,4,6-9H2,1H3. The number of aldehydes is 1. The van der Waals surface area contributed by atoms with Crippen molar-refractivity contribution >= 4 is 17.9 Å². The lowest BCUT2D eigenvalue weighted by Gasteiger charge is -2.34. The molecule has 0 spiro atoms. The normalized spacial score (nSPS) is 16.4. The monoisotopic (exact) mass is 262 g/mol. The number of hydrogen-bond donors (Lipinski definition) is 0. The number of aromatic nitrogens is 2. The molecule has 0 bridgehead atoms. The van der Waals surface area contributed by atoms with Crippen molar-refractivity contribution in [3.05, 3.63) is 18.1 Å². The fourth-order valence-electron chi connectivity index (χ4n) is 2.12. The van der Waals surface area contributed by atoms with Crippen LogP contribution in [0.3, 0.4) is 0 Å². The smallest absolute Gasteiger partial charge is 0.207 e. The van der Waals surface area contributed by atoms with Crippen molar-refractivity contribution < 1.29 is 9.59 Å². The zero-order valence-corrected chi connectivity index (χ0v) is 11.1. The van der Waals surface area contributed by atoms with E-state index in [1.54, 1.807) is 12.3 Å². The molecule has 1 aromatic heterocycles. The average Bonchev–Trinajstić information content (AvgIpc) is 2.48. The average molecular weight is 262 g/mol. The Hall–Kier alpha value is -1.82. The van der Waals surface area contributed by atoms with Gasteiger partial charge in [-0.1, -0.05) is 6.92 Å². The van der Waals surface area contributed by atoms with E-state index >= 15 is 0 Å². The van der Waals surface area contributed by atoms with Crippen LogP contribution in [0.4, 0.5) is 5.82 Å². The summed E-state index contributed by atoms with van der Waals surface area (Å²) in [7, 11) is 0. The van der Waals surface area contributed by atoms with E-state index in [4.69, 9.17) is 0 Å². The lowest BCUT2D eigenvalue weighted by molar-refractivity contribution is -0.107. The highest BCUT2D eigenvalue weighted by atomic mass is 16.1. The molecule has 6 nitrogen and oxygen atoms in total. The first-order chi connectivity index (χ1) is 9.24. The summed E-state index contributed by atoms with van der Waals surface area (Å²) in [6.45, 7) is 6.99. The van der Waals surface area contributed by atoms with Crippen LogP contribution in [0.5, 0.6) is 0 Å². The summed E-state index contributed by atoms with van der Waals surface area (Å²) in [6.07, 6.45) is 2.00. The predicted molar refractivity (Wildman–Crippen MR) is 71.4 cm³/mol. The molecule has 1 saturated heterocycles. The van der Waals surface area contributed by atoms with E-state index in [1.165, 1.54) is 0 Å². The number of nitrogens with zero attached hydrogens (tertiary/aromatic N) is 4. The van der Waals surface area contributed by atoms with Gasteiger partial charge in [0.15, 0.2) is 5.82 Å². The van der Waals surface area contributed by atoms with E-state index in [1.807, 2.05) is 0 Å². The first-order valence-corrected chi connectivity index (χ1v) is 6.51. The molecule has 0 unspecified atom stereocenters. The number of carbonyl (C=O) groups is 2. The Labute approximate surface area is 112 Å². The number of piperazine rings is 1. The van der Waals surface area contributed by atoms with Gasteiger partial charge in [0.1, 0.15) is 12.1 Å². The molecule has 6 heteroatoms. The minimum atomic E-state index is -0.330. The van der Waals surface area contributed by atoms with E-state index in [-0.39, 0.29) is 18.0 Å². The molecule has 102 valence electrons. The second-order valence-corrected chi connectivity index (χ2v) is 4.45. The van der Waals surface area contributed by atoms with Crippen LogP contribution >= 0.6 is 0 Å². The molecule has 1 aliphatic heterocycles. The molecule has 0 radical (unpaired) electrons. The van der Waals surface area contributed by atoms with E-state index in [0.717, 1.165) is 38.5 Å². The van der Waals surface area contributed by atoms with Crippen molar-refractivity contribution in [3.8, 4) is 0 Å². The molecule has 0 N–H and O–H groups in total. The van der Waals surface area contributed by atoms with E-state index in [9.17, 15) is 9.59 Å². The summed E-state index contributed by atoms with van der Waals surface area (Å²) in [6, 6.07) is 1.80. The predicted octanol–water partition coefficient (Wildman–Crippen LogP) is 0.390. The van der Waals surface area contributed by atoms with Gasteiger partial charge >= 0.3 is 0 Å². The van der Waals surface area contributed by atoms with Crippen LogP contribution in [0.25, 0.3) is 0 Å². The Balaban J connectivity index is 2.07. The van der Waals surface area contributed by atoms with Gasteiger partial charge in [-0.05, 0) is 12.6 Å². The lowest BCUT2D eigenvalue weighted by Crippen LogP contribution is -2.46. The summed E-state index contributed by atoms with van der Waals surface area (Å²) in [5.41, 5.74) is 0. The quantitative estimate of drug-likeness (QED) is 0.434. The molecule has 0 aliphatic carbocycles. The first kappa shape index (κ1) is 13.6. The van der Waals surface area contributed by atoms with Crippen LogP contribution in [-0.2, 0) is 4.79 Å². The topological polar surface area (TPSA) is 66.4 Å². The van der Waals surface area contributed by atoms with E-state index in [0.29, 0.717) is 6.29 Å². The van der Waals surface area contributed by atoms with Crippen LogP contribution in [-0.4, -0.2) is 59.7 Å². The third-order valence-corrected chi connectivity index (χ3v) is 3.30. The number of carbonyl (C=O) groups excluding carboxylic acids is 2. The summed E-state index contributed by atoms with van der Waals surface area (Å²) < 4.78 is 0. The van der Waals surface area contributed by atoms with Gasteiger partial charge in [-0.3, -0.25) is 4.79 Å². The Bertz CT molecular complexity index is 456. The van der Waals surface area contributed by atoms with Crippen LogP contribution < -0.4 is 4.90 Å². The Kier molecular flexibility index (Phi) is 4.57. The number of ketones is 1. The molecule has 1 aromatic rings. The van der Waals surface area contributed by atoms with E-state index in [2.05, 4.69) is 26.7 Å². The number of rotatable bonds is 5. The number of anilines is 1. The fourth-order valence-corrected chi connectivity index (χ4v) is 2.12. The zero-order chi connectivity index (χ0) is 13.7. The highest BCUT2D eigenvalue weighted by Crippen LogP contribution is 2.13. The number of likely N-dealkylation sites (N-methyl/N-ethyl adjacent to an activating group) is 1. The minimum Gasteiger partial charge on any atom is -0.354 e. The molecule has 0 saturated carbocycles. The summed E-state index contributed by atoms with van der Waals surface area (Å²) in [4.78, 5) is 34.6. The van der Waals surface area contributed by atoms with Crippen LogP contribution in [0.15, 0.2) is 12.3 Å². The maximum Gasteiger partial charge on any atom is 0.207 e. The molecular weight excluding hydrogens is 244 g/mol. The molecule has 2 heterocycles. The molecule has 2 rings (SSSR count). The maximum atomic E-state index is 11.6. The zero-order valence-electron chi connectivity index (χ0n) is 11.1. The molecule has 0 atom stereocenters. The van der Waals surface area contributed by atoms with Crippen LogP contribution in [0.2, 0.25) is 0 Å². The SMILES string of the molecule is CCN1CCN(c2ccnc(C(=O)CC=O)n2)CC1. The summed E-state index contributed by atoms with van der Waals surface area (Å²) in [5, 5.41) is 0.